The van der Waals surface area contributed by atoms with Gasteiger partial charge in [-0.05, 0) is 18.7 Å². The number of ketones is 1. The van der Waals surface area contributed by atoms with Crippen LogP contribution in [0.4, 0.5) is 13.2 Å². The second-order valence-electron chi connectivity index (χ2n) is 3.00. The lowest BCUT2D eigenvalue weighted by Crippen LogP contribution is -2.10. The Hall–Kier alpha value is -1.36. The van der Waals surface area contributed by atoms with Gasteiger partial charge in [-0.15, -0.1) is 0 Å². The fourth-order valence-electron chi connectivity index (χ4n) is 1.16. The second kappa shape index (κ2) is 4.93. The van der Waals surface area contributed by atoms with Crippen LogP contribution in [0.2, 0.25) is 0 Å². The van der Waals surface area contributed by atoms with Crippen molar-refractivity contribution >= 4 is 5.78 Å². The van der Waals surface area contributed by atoms with E-state index in [0.717, 1.165) is 18.2 Å². The lowest BCUT2D eigenvalue weighted by molar-refractivity contribution is 0.0981. The van der Waals surface area contributed by atoms with Gasteiger partial charge in [0.15, 0.2) is 5.78 Å². The molecule has 0 saturated heterocycles. The number of benzene rings is 1. The molecule has 0 atom stereocenters. The van der Waals surface area contributed by atoms with E-state index in [1.54, 1.807) is 0 Å². The molecule has 5 heteroatoms. The van der Waals surface area contributed by atoms with Gasteiger partial charge >= 0.3 is 0 Å². The Morgan fingerprint density at radius 2 is 2.07 bits per heavy atom. The summed E-state index contributed by atoms with van der Waals surface area (Å²) in [5.74, 6) is -1.35. The number of hydrogen-bond acceptors (Lipinski definition) is 2. The van der Waals surface area contributed by atoms with Crippen LogP contribution in [0.5, 0.6) is 0 Å². The summed E-state index contributed by atoms with van der Waals surface area (Å²) < 4.78 is 37.6. The van der Waals surface area contributed by atoms with Crippen LogP contribution < -0.4 is 5.73 Å². The van der Waals surface area contributed by atoms with Crippen molar-refractivity contribution in [1.82, 2.24) is 0 Å². The van der Waals surface area contributed by atoms with Crippen LogP contribution >= 0.6 is 0 Å². The largest absolute Gasteiger partial charge is 0.330 e. The molecule has 0 aromatic heterocycles. The van der Waals surface area contributed by atoms with E-state index < -0.39 is 18.0 Å². The molecule has 2 nitrogen and oxygen atoms in total. The maximum absolute atomic E-state index is 13.1. The third-order valence-electron chi connectivity index (χ3n) is 1.91. The third kappa shape index (κ3) is 2.79. The predicted molar refractivity (Wildman–Crippen MR) is 49.4 cm³/mol. The molecule has 1 rings (SSSR count). The molecule has 0 bridgehead atoms. The molecule has 0 fully saturated rings. The first-order chi connectivity index (χ1) is 7.06. The van der Waals surface area contributed by atoms with Gasteiger partial charge in [0.1, 0.15) is 5.82 Å². The summed E-state index contributed by atoms with van der Waals surface area (Å²) in [4.78, 5) is 11.3. The van der Waals surface area contributed by atoms with Crippen LogP contribution in [0.1, 0.15) is 28.8 Å². The SMILES string of the molecule is NCCC(=O)c1cc(C(F)F)ccc1F. The van der Waals surface area contributed by atoms with E-state index in [1.807, 2.05) is 0 Å². The molecule has 0 radical (unpaired) electrons. The van der Waals surface area contributed by atoms with E-state index in [0.29, 0.717) is 0 Å². The van der Waals surface area contributed by atoms with Gasteiger partial charge in [-0.3, -0.25) is 4.79 Å². The van der Waals surface area contributed by atoms with Gasteiger partial charge in [-0.25, -0.2) is 13.2 Å². The highest BCUT2D eigenvalue weighted by atomic mass is 19.3. The molecule has 2 N–H and O–H groups in total. The summed E-state index contributed by atoms with van der Waals surface area (Å²) in [6, 6.07) is 2.70. The fourth-order valence-corrected chi connectivity index (χ4v) is 1.16. The van der Waals surface area contributed by atoms with Crippen LogP contribution in [-0.4, -0.2) is 12.3 Å². The lowest BCUT2D eigenvalue weighted by atomic mass is 10.0. The first kappa shape index (κ1) is 11.7. The molecule has 0 aliphatic carbocycles. The van der Waals surface area contributed by atoms with E-state index in [9.17, 15) is 18.0 Å². The minimum absolute atomic E-state index is 0.0520. The molecule has 0 aliphatic rings. The zero-order valence-electron chi connectivity index (χ0n) is 7.84. The molecule has 0 amide bonds. The van der Waals surface area contributed by atoms with Gasteiger partial charge in [-0.1, -0.05) is 6.07 Å². The fraction of sp³-hybridized carbons (Fsp3) is 0.300. The molecule has 1 aromatic rings. The van der Waals surface area contributed by atoms with Gasteiger partial charge in [0.2, 0.25) is 0 Å². The summed E-state index contributed by atoms with van der Waals surface area (Å²) in [7, 11) is 0. The quantitative estimate of drug-likeness (QED) is 0.786. The molecule has 82 valence electrons. The van der Waals surface area contributed by atoms with Crippen LogP contribution in [0.3, 0.4) is 0 Å². The minimum Gasteiger partial charge on any atom is -0.330 e. The number of carbonyl (C=O) groups excluding carboxylic acids is 1. The van der Waals surface area contributed by atoms with Crippen molar-refractivity contribution in [3.63, 3.8) is 0 Å². The maximum Gasteiger partial charge on any atom is 0.263 e. The Morgan fingerprint density at radius 1 is 1.40 bits per heavy atom. The molecule has 1 aromatic carbocycles. The van der Waals surface area contributed by atoms with Crippen LogP contribution in [0.15, 0.2) is 18.2 Å². The highest BCUT2D eigenvalue weighted by Gasteiger charge is 2.15. The summed E-state index contributed by atoms with van der Waals surface area (Å²) in [6.07, 6.45) is -2.76. The molecular formula is C10H10F3NO. The average molecular weight is 217 g/mol. The van der Waals surface area contributed by atoms with Crippen molar-refractivity contribution in [2.45, 2.75) is 12.8 Å². The van der Waals surface area contributed by atoms with E-state index in [1.165, 1.54) is 0 Å². The first-order valence-electron chi connectivity index (χ1n) is 4.37. The zero-order chi connectivity index (χ0) is 11.4. The summed E-state index contributed by atoms with van der Waals surface area (Å²) in [5, 5.41) is 0. The smallest absolute Gasteiger partial charge is 0.263 e. The van der Waals surface area contributed by atoms with Gasteiger partial charge in [0.05, 0.1) is 5.56 Å². The van der Waals surface area contributed by atoms with E-state index >= 15 is 0 Å². The number of halogens is 3. The van der Waals surface area contributed by atoms with Crippen molar-refractivity contribution in [3.05, 3.63) is 35.1 Å². The zero-order valence-corrected chi connectivity index (χ0v) is 7.84. The van der Waals surface area contributed by atoms with Gasteiger partial charge in [0, 0.05) is 12.0 Å². The third-order valence-corrected chi connectivity index (χ3v) is 1.91. The van der Waals surface area contributed by atoms with Gasteiger partial charge < -0.3 is 5.73 Å². The van der Waals surface area contributed by atoms with Crippen molar-refractivity contribution in [2.75, 3.05) is 6.54 Å². The lowest BCUT2D eigenvalue weighted by Gasteiger charge is -2.04. The Kier molecular flexibility index (Phi) is 3.85. The highest BCUT2D eigenvalue weighted by Crippen LogP contribution is 2.21. The Labute approximate surface area is 84.9 Å². The van der Waals surface area contributed by atoms with Crippen LogP contribution in [0, 0.1) is 5.82 Å². The summed E-state index contributed by atoms with van der Waals surface area (Å²) in [5.41, 5.74) is 4.44. The Bertz CT molecular complexity index is 366. The van der Waals surface area contributed by atoms with Crippen molar-refractivity contribution in [2.24, 2.45) is 5.73 Å². The monoisotopic (exact) mass is 217 g/mol. The molecular weight excluding hydrogens is 207 g/mol. The van der Waals surface area contributed by atoms with Gasteiger partial charge in [-0.2, -0.15) is 0 Å². The molecule has 15 heavy (non-hydrogen) atoms. The predicted octanol–water partition coefficient (Wildman–Crippen LogP) is 2.29. The molecule has 0 spiro atoms. The second-order valence-corrected chi connectivity index (χ2v) is 3.00. The summed E-state index contributed by atoms with van der Waals surface area (Å²) in [6.45, 7) is 0.0666. The van der Waals surface area contributed by atoms with Gasteiger partial charge in [0.25, 0.3) is 6.43 Å². The van der Waals surface area contributed by atoms with E-state index in [4.69, 9.17) is 5.73 Å². The molecule has 0 unspecified atom stereocenters. The average Bonchev–Trinajstić information content (AvgIpc) is 2.18. The maximum atomic E-state index is 13.1. The topological polar surface area (TPSA) is 43.1 Å². The number of carbonyl (C=O) groups is 1. The summed E-state index contributed by atoms with van der Waals surface area (Å²) >= 11 is 0. The minimum atomic E-state index is -2.71. The van der Waals surface area contributed by atoms with Crippen LogP contribution in [0.25, 0.3) is 0 Å². The molecule has 0 aliphatic heterocycles. The van der Waals surface area contributed by atoms with Crippen molar-refractivity contribution < 1.29 is 18.0 Å². The number of Topliss-reactive ketones (excluding diaryl/α,β-unsaturated/α-hetero) is 1. The number of hydrogen-bond donors (Lipinski definition) is 1. The van der Waals surface area contributed by atoms with Crippen molar-refractivity contribution in [3.8, 4) is 0 Å². The van der Waals surface area contributed by atoms with Crippen LogP contribution in [-0.2, 0) is 0 Å². The van der Waals surface area contributed by atoms with E-state index in [2.05, 4.69) is 0 Å². The first-order valence-corrected chi connectivity index (χ1v) is 4.37. The normalized spacial score (nSPS) is 10.7. The molecule has 0 saturated carbocycles. The number of rotatable bonds is 4. The Morgan fingerprint density at radius 3 is 2.60 bits per heavy atom. The van der Waals surface area contributed by atoms with Crippen molar-refractivity contribution in [1.29, 1.82) is 0 Å². The molecule has 0 heterocycles. The highest BCUT2D eigenvalue weighted by molar-refractivity contribution is 5.96. The standard InChI is InChI=1S/C10H10F3NO/c11-8-2-1-6(10(12)13)5-7(8)9(15)3-4-14/h1-2,5,10H,3-4,14H2. The number of nitrogens with two attached hydrogens (primary N) is 1. The number of alkyl halides is 2. The van der Waals surface area contributed by atoms with E-state index in [-0.39, 0.29) is 24.1 Å². The Balaban J connectivity index is 3.05.